The van der Waals surface area contributed by atoms with Crippen molar-refractivity contribution in [3.05, 3.63) is 35.9 Å². The van der Waals surface area contributed by atoms with E-state index in [-0.39, 0.29) is 41.1 Å². The molecule has 0 bridgehead atoms. The quantitative estimate of drug-likeness (QED) is 0.304. The fourth-order valence-electron chi connectivity index (χ4n) is 9.97. The normalized spacial score (nSPS) is 45.9. The van der Waals surface area contributed by atoms with E-state index in [1.165, 1.54) is 32.1 Å². The Labute approximate surface area is 239 Å². The van der Waals surface area contributed by atoms with Crippen LogP contribution in [0.15, 0.2) is 30.3 Å². The highest BCUT2D eigenvalue weighted by Crippen LogP contribution is 2.72. The number of aliphatic hydroxyl groups is 1. The molecule has 0 aromatic heterocycles. The van der Waals surface area contributed by atoms with Gasteiger partial charge in [0.15, 0.2) is 0 Å². The van der Waals surface area contributed by atoms with Gasteiger partial charge in [0.2, 0.25) is 0 Å². The lowest BCUT2D eigenvalue weighted by atomic mass is 9.57. The number of ether oxygens (including phenoxy) is 4. The number of epoxide rings is 3. The molecule has 7 rings (SSSR count). The van der Waals surface area contributed by atoms with Crippen LogP contribution in [-0.4, -0.2) is 58.4 Å². The third-order valence-corrected chi connectivity index (χ3v) is 12.2. The molecular formula is C34H48O6. The number of fused-ring (bicyclic) bond motifs is 3. The van der Waals surface area contributed by atoms with Gasteiger partial charge in [0, 0.05) is 6.42 Å². The van der Waals surface area contributed by atoms with Crippen LogP contribution in [0.5, 0.6) is 0 Å². The highest BCUT2D eigenvalue weighted by molar-refractivity contribution is 5.89. The topological polar surface area (TPSA) is 84.1 Å². The molecule has 1 aromatic carbocycles. The van der Waals surface area contributed by atoms with Crippen molar-refractivity contribution in [2.24, 2.45) is 23.2 Å². The first-order valence-electron chi connectivity index (χ1n) is 16.0. The minimum absolute atomic E-state index is 0.0406. The van der Waals surface area contributed by atoms with Crippen LogP contribution in [0.1, 0.15) is 109 Å². The lowest BCUT2D eigenvalue weighted by molar-refractivity contribution is -0.00944. The number of carbonyl (C=O) groups is 1. The zero-order valence-electron chi connectivity index (χ0n) is 24.8. The molecule has 0 amide bonds. The van der Waals surface area contributed by atoms with E-state index in [2.05, 4.69) is 13.8 Å². The smallest absolute Gasteiger partial charge is 0.338 e. The summed E-state index contributed by atoms with van der Waals surface area (Å²) in [6.45, 7) is 9.59. The van der Waals surface area contributed by atoms with Crippen LogP contribution in [0.4, 0.5) is 0 Å². The Balaban J connectivity index is 1.03. The lowest BCUT2D eigenvalue weighted by Gasteiger charge is -2.46. The largest absolute Gasteiger partial charge is 0.459 e. The Morgan fingerprint density at radius 3 is 2.60 bits per heavy atom. The third-order valence-electron chi connectivity index (χ3n) is 12.2. The lowest BCUT2D eigenvalue weighted by Crippen LogP contribution is -2.48. The van der Waals surface area contributed by atoms with Gasteiger partial charge in [-0.2, -0.15) is 0 Å². The standard InChI is InChI=1S/C34H48O6/c1-22(10-8-16-30(2,3)36)25-13-14-26-31(25,4)17-9-18-33(26)27(39-33)28-34(40-28)20-24(15-19-32(34)21-37-32)38-29(35)23-11-6-5-7-12-23/h5-7,11-12,22,24-28,36H,8-10,13-21H2,1-4H3/t22-,24+,25-,26-,27?,28?,31-,32+,33?,34?/m1/s1. The maximum absolute atomic E-state index is 12.8. The molecule has 3 heterocycles. The molecule has 3 saturated carbocycles. The molecule has 6 fully saturated rings. The highest BCUT2D eigenvalue weighted by atomic mass is 16.7. The number of rotatable bonds is 8. The van der Waals surface area contributed by atoms with E-state index >= 15 is 0 Å². The average Bonchev–Trinajstić information content (AvgIpc) is 3.84. The van der Waals surface area contributed by atoms with Crippen molar-refractivity contribution in [1.29, 1.82) is 0 Å². The zero-order valence-corrected chi connectivity index (χ0v) is 24.8. The molecule has 3 aliphatic heterocycles. The number of esters is 1. The van der Waals surface area contributed by atoms with Gasteiger partial charge in [-0.1, -0.05) is 44.9 Å². The molecule has 3 aliphatic carbocycles. The molecule has 4 unspecified atom stereocenters. The van der Waals surface area contributed by atoms with Crippen molar-refractivity contribution in [3.8, 4) is 0 Å². The first-order valence-corrected chi connectivity index (χ1v) is 16.0. The summed E-state index contributed by atoms with van der Waals surface area (Å²) < 4.78 is 25.6. The van der Waals surface area contributed by atoms with Gasteiger partial charge in [-0.25, -0.2) is 4.79 Å². The van der Waals surface area contributed by atoms with Crippen LogP contribution in [-0.2, 0) is 18.9 Å². The van der Waals surface area contributed by atoms with E-state index in [0.717, 1.165) is 38.7 Å². The Morgan fingerprint density at radius 1 is 1.10 bits per heavy atom. The molecule has 6 aliphatic rings. The van der Waals surface area contributed by atoms with E-state index in [9.17, 15) is 9.90 Å². The zero-order chi connectivity index (χ0) is 28.0. The minimum atomic E-state index is -0.577. The molecule has 220 valence electrons. The minimum Gasteiger partial charge on any atom is -0.459 e. The summed E-state index contributed by atoms with van der Waals surface area (Å²) in [4.78, 5) is 12.8. The van der Waals surface area contributed by atoms with Crippen LogP contribution in [0.25, 0.3) is 0 Å². The second kappa shape index (κ2) is 9.26. The maximum atomic E-state index is 12.8. The summed E-state index contributed by atoms with van der Waals surface area (Å²) in [5.41, 5.74) is -0.330. The van der Waals surface area contributed by atoms with Gasteiger partial charge >= 0.3 is 5.97 Å². The van der Waals surface area contributed by atoms with E-state index < -0.39 is 5.60 Å². The van der Waals surface area contributed by atoms with Gasteiger partial charge in [0.25, 0.3) is 0 Å². The van der Waals surface area contributed by atoms with Gasteiger partial charge in [-0.05, 0) is 101 Å². The predicted octanol–water partition coefficient (Wildman–Crippen LogP) is 6.23. The molecule has 10 atom stereocenters. The summed E-state index contributed by atoms with van der Waals surface area (Å²) in [6.07, 6.45) is 11.7. The van der Waals surface area contributed by atoms with E-state index in [4.69, 9.17) is 18.9 Å². The van der Waals surface area contributed by atoms with Gasteiger partial charge in [0.1, 0.15) is 35.1 Å². The molecule has 1 N–H and O–H groups in total. The average molecular weight is 553 g/mol. The first kappa shape index (κ1) is 27.4. The van der Waals surface area contributed by atoms with E-state index in [1.54, 1.807) is 0 Å². The fraction of sp³-hybridized carbons (Fsp3) is 0.794. The molecule has 0 radical (unpaired) electrons. The summed E-state index contributed by atoms with van der Waals surface area (Å²) in [5.74, 6) is 1.70. The number of benzene rings is 1. The molecule has 40 heavy (non-hydrogen) atoms. The third kappa shape index (κ3) is 4.30. The van der Waals surface area contributed by atoms with Crippen LogP contribution < -0.4 is 0 Å². The van der Waals surface area contributed by atoms with Gasteiger partial charge < -0.3 is 24.1 Å². The molecule has 1 aromatic rings. The van der Waals surface area contributed by atoms with Crippen molar-refractivity contribution in [1.82, 2.24) is 0 Å². The Morgan fingerprint density at radius 2 is 1.88 bits per heavy atom. The SMILES string of the molecule is C[C@H](CCCC(C)(C)O)[C@H]1CC[C@H]2C3(CCC[C@]12C)OC3C1OC12C[C@@H](OC(=O)c1ccccc1)CC[C@]21CO1. The van der Waals surface area contributed by atoms with Crippen LogP contribution in [0.2, 0.25) is 0 Å². The van der Waals surface area contributed by atoms with E-state index in [0.29, 0.717) is 35.2 Å². The molecule has 6 heteroatoms. The second-order valence-electron chi connectivity index (χ2n) is 15.1. The van der Waals surface area contributed by atoms with Crippen LogP contribution in [0, 0.1) is 23.2 Å². The summed E-state index contributed by atoms with van der Waals surface area (Å²) in [7, 11) is 0. The van der Waals surface area contributed by atoms with Crippen molar-refractivity contribution in [2.75, 3.05) is 6.61 Å². The number of hydrogen-bond acceptors (Lipinski definition) is 6. The van der Waals surface area contributed by atoms with Crippen molar-refractivity contribution in [2.45, 2.75) is 139 Å². The second-order valence-corrected chi connectivity index (χ2v) is 15.1. The summed E-state index contributed by atoms with van der Waals surface area (Å²) in [5, 5.41) is 10.2. The van der Waals surface area contributed by atoms with Crippen LogP contribution >= 0.6 is 0 Å². The fourth-order valence-corrected chi connectivity index (χ4v) is 9.97. The van der Waals surface area contributed by atoms with Crippen LogP contribution in [0.3, 0.4) is 0 Å². The number of hydrogen-bond donors (Lipinski definition) is 1. The van der Waals surface area contributed by atoms with Gasteiger partial charge in [0.05, 0.1) is 17.8 Å². The molecular weight excluding hydrogens is 504 g/mol. The maximum Gasteiger partial charge on any atom is 0.338 e. The molecule has 3 saturated heterocycles. The number of carbonyl (C=O) groups excluding carboxylic acids is 1. The van der Waals surface area contributed by atoms with Gasteiger partial charge in [-0.15, -0.1) is 0 Å². The van der Waals surface area contributed by atoms with Gasteiger partial charge in [-0.3, -0.25) is 0 Å². The summed E-state index contributed by atoms with van der Waals surface area (Å²) in [6, 6.07) is 9.29. The Kier molecular flexibility index (Phi) is 6.34. The summed E-state index contributed by atoms with van der Waals surface area (Å²) >= 11 is 0. The Bertz CT molecular complexity index is 1120. The Hall–Kier alpha value is -1.47. The van der Waals surface area contributed by atoms with Crippen molar-refractivity contribution >= 4 is 5.97 Å². The van der Waals surface area contributed by atoms with E-state index in [1.807, 2.05) is 44.2 Å². The molecule has 6 nitrogen and oxygen atoms in total. The van der Waals surface area contributed by atoms with Crippen molar-refractivity contribution in [3.63, 3.8) is 0 Å². The predicted molar refractivity (Wildman–Crippen MR) is 151 cm³/mol. The molecule has 3 spiro atoms. The first-order chi connectivity index (χ1) is 19.0. The monoisotopic (exact) mass is 552 g/mol. The highest BCUT2D eigenvalue weighted by Gasteiger charge is 2.85. The van der Waals surface area contributed by atoms with Crippen molar-refractivity contribution < 1.29 is 28.8 Å².